The fourth-order valence-electron chi connectivity index (χ4n) is 3.40. The number of hydrogen-bond acceptors (Lipinski definition) is 4. The van der Waals surface area contributed by atoms with Crippen LogP contribution in [0.4, 0.5) is 8.78 Å². The number of nitrogens with zero attached hydrogens (tertiary/aromatic N) is 1. The molecule has 3 aromatic rings. The van der Waals surface area contributed by atoms with Crippen LogP contribution in [0.2, 0.25) is 0 Å². The molecule has 0 aliphatic rings. The van der Waals surface area contributed by atoms with Crippen LogP contribution in [0.3, 0.4) is 0 Å². The number of pyridine rings is 1. The van der Waals surface area contributed by atoms with E-state index < -0.39 is 5.92 Å². The van der Waals surface area contributed by atoms with Gasteiger partial charge in [0.05, 0.1) is 0 Å². The van der Waals surface area contributed by atoms with Crippen LogP contribution in [0.15, 0.2) is 73.4 Å². The number of aromatic nitrogens is 1. The van der Waals surface area contributed by atoms with E-state index in [1.54, 1.807) is 0 Å². The Morgan fingerprint density at radius 1 is 1.00 bits per heavy atom. The first kappa shape index (κ1) is 27.0. The van der Waals surface area contributed by atoms with Gasteiger partial charge >= 0.3 is 0 Å². The van der Waals surface area contributed by atoms with E-state index in [-0.39, 0.29) is 12.2 Å². The van der Waals surface area contributed by atoms with Crippen molar-refractivity contribution in [3.63, 3.8) is 0 Å². The molecule has 0 saturated carbocycles. The predicted octanol–water partition coefficient (Wildman–Crippen LogP) is 6.28. The Hall–Kier alpha value is -3.25. The van der Waals surface area contributed by atoms with Crippen molar-refractivity contribution in [2.45, 2.75) is 39.0 Å². The van der Waals surface area contributed by atoms with Crippen LogP contribution in [-0.2, 0) is 18.8 Å². The van der Waals surface area contributed by atoms with Crippen LogP contribution < -0.4 is 9.47 Å². The number of halogens is 2. The average Bonchev–Trinajstić information content (AvgIpc) is 2.83. The molecule has 2 aromatic carbocycles. The molecule has 0 unspecified atom stereocenters. The van der Waals surface area contributed by atoms with Gasteiger partial charge in [-0.25, -0.2) is 13.8 Å². The van der Waals surface area contributed by atoms with Gasteiger partial charge in [0, 0.05) is 37.8 Å². The van der Waals surface area contributed by atoms with Crippen LogP contribution in [0, 0.1) is 6.92 Å². The highest BCUT2D eigenvalue weighted by atomic mass is 19.3. The molecule has 1 aromatic heterocycles. The van der Waals surface area contributed by atoms with Crippen molar-refractivity contribution >= 4 is 0 Å². The van der Waals surface area contributed by atoms with Gasteiger partial charge in [0.1, 0.15) is 19.0 Å². The van der Waals surface area contributed by atoms with E-state index >= 15 is 0 Å². The van der Waals surface area contributed by atoms with Crippen LogP contribution in [0.1, 0.15) is 41.2 Å². The maximum atomic E-state index is 13.8. The minimum atomic E-state index is -2.96. The molecule has 0 radical (unpaired) electrons. The zero-order chi connectivity index (χ0) is 25.0. The first-order valence-electron chi connectivity index (χ1n) is 11.2. The second-order valence-corrected chi connectivity index (χ2v) is 7.85. The molecule has 3 rings (SSSR count). The Labute approximate surface area is 200 Å². The van der Waals surface area contributed by atoms with Crippen molar-refractivity contribution in [1.82, 2.24) is 4.98 Å². The van der Waals surface area contributed by atoms with E-state index in [0.717, 1.165) is 38.2 Å². The zero-order valence-corrected chi connectivity index (χ0v) is 20.1. The summed E-state index contributed by atoms with van der Waals surface area (Å²) in [5.74, 6) is -1.84. The molecule has 0 fully saturated rings. The average molecular weight is 470 g/mol. The molecule has 0 aliphatic heterocycles. The van der Waals surface area contributed by atoms with Crippen molar-refractivity contribution in [3.8, 4) is 11.6 Å². The zero-order valence-electron chi connectivity index (χ0n) is 20.1. The van der Waals surface area contributed by atoms with Gasteiger partial charge in [-0.1, -0.05) is 42.5 Å². The van der Waals surface area contributed by atoms with Crippen LogP contribution in [0.25, 0.3) is 0 Å². The van der Waals surface area contributed by atoms with Gasteiger partial charge in [-0.15, -0.1) is 6.58 Å². The molecule has 6 heteroatoms. The number of rotatable bonds is 11. The third kappa shape index (κ3) is 8.27. The van der Waals surface area contributed by atoms with Crippen molar-refractivity contribution in [1.29, 1.82) is 0 Å². The molecule has 1 heterocycles. The number of hydrogen-bond donors (Lipinski definition) is 1. The van der Waals surface area contributed by atoms with E-state index in [1.165, 1.54) is 23.4 Å². The van der Waals surface area contributed by atoms with E-state index in [9.17, 15) is 8.78 Å². The molecule has 1 N–H and O–H groups in total. The Bertz CT molecular complexity index is 1030. The topological polar surface area (TPSA) is 51.6 Å². The highest BCUT2D eigenvalue weighted by molar-refractivity contribution is 5.37. The van der Waals surface area contributed by atoms with Gasteiger partial charge in [0.2, 0.25) is 5.88 Å². The number of ether oxygens (including phenoxy) is 2. The summed E-state index contributed by atoms with van der Waals surface area (Å²) in [6.07, 6.45) is 5.45. The Balaban J connectivity index is 0.00000199. The van der Waals surface area contributed by atoms with Gasteiger partial charge in [-0.3, -0.25) is 0 Å². The van der Waals surface area contributed by atoms with Crippen molar-refractivity contribution in [2.75, 3.05) is 20.3 Å². The van der Waals surface area contributed by atoms with Crippen molar-refractivity contribution < 1.29 is 23.4 Å². The van der Waals surface area contributed by atoms with E-state index in [2.05, 4.69) is 24.6 Å². The van der Waals surface area contributed by atoms with Crippen molar-refractivity contribution in [3.05, 3.63) is 101 Å². The normalized spacial score (nSPS) is 10.8. The molecule has 0 saturated heterocycles. The van der Waals surface area contributed by atoms with Gasteiger partial charge in [0.15, 0.2) is 0 Å². The van der Waals surface area contributed by atoms with Gasteiger partial charge in [-0.05, 0) is 54.7 Å². The Morgan fingerprint density at radius 2 is 1.71 bits per heavy atom. The van der Waals surface area contributed by atoms with E-state index in [1.807, 2.05) is 48.5 Å². The number of benzene rings is 2. The molecule has 0 bridgehead atoms. The van der Waals surface area contributed by atoms with E-state index in [0.29, 0.717) is 24.5 Å². The van der Waals surface area contributed by atoms with Crippen LogP contribution >= 0.6 is 0 Å². The maximum absolute atomic E-state index is 13.8. The van der Waals surface area contributed by atoms with Gasteiger partial charge in [0.25, 0.3) is 5.92 Å². The number of aliphatic hydroxyl groups is 1. The van der Waals surface area contributed by atoms with Crippen LogP contribution in [-0.4, -0.2) is 30.4 Å². The molecule has 0 amide bonds. The third-order valence-corrected chi connectivity index (χ3v) is 5.19. The lowest BCUT2D eigenvalue weighted by molar-refractivity contribution is 0.0169. The number of alkyl halides is 2. The molecule has 34 heavy (non-hydrogen) atoms. The standard InChI is InChI=1S/C27H29F2NO2.CH4O/c1-4-5-11-22-12-13-25(16-20(22)2)31-14-15-32-26-23(17-21-9-7-6-8-10-21)18-24(19-30-26)27(3,28)29;1-2/h4,6-10,12-13,16,18-19H,1,5,11,14-15,17H2,2-3H3;2H,1H3. The van der Waals surface area contributed by atoms with Crippen LogP contribution in [0.5, 0.6) is 11.6 Å². The summed E-state index contributed by atoms with van der Waals surface area (Å²) in [5, 5.41) is 7.00. The molecular formula is C28H33F2NO3. The molecule has 182 valence electrons. The fourth-order valence-corrected chi connectivity index (χ4v) is 3.40. The lowest BCUT2D eigenvalue weighted by Crippen LogP contribution is -2.13. The van der Waals surface area contributed by atoms with Gasteiger partial charge < -0.3 is 14.6 Å². The minimum Gasteiger partial charge on any atom is -0.490 e. The SMILES string of the molecule is C=CCCc1ccc(OCCOc2ncc(C(C)(F)F)cc2Cc2ccccc2)cc1C.CO. The summed E-state index contributed by atoms with van der Waals surface area (Å²) in [6, 6.07) is 17.1. The summed E-state index contributed by atoms with van der Waals surface area (Å²) in [6.45, 7) is 7.28. The first-order valence-corrected chi connectivity index (χ1v) is 11.2. The molecular weight excluding hydrogens is 436 g/mol. The molecule has 0 atom stereocenters. The second kappa shape index (κ2) is 13.5. The molecule has 4 nitrogen and oxygen atoms in total. The summed E-state index contributed by atoms with van der Waals surface area (Å²) in [5.41, 5.74) is 3.94. The maximum Gasteiger partial charge on any atom is 0.272 e. The Kier molecular flexibility index (Phi) is 10.7. The predicted molar refractivity (Wildman–Crippen MR) is 132 cm³/mol. The number of aliphatic hydroxyl groups excluding tert-OH is 1. The smallest absolute Gasteiger partial charge is 0.272 e. The quantitative estimate of drug-likeness (QED) is 0.265. The summed E-state index contributed by atoms with van der Waals surface area (Å²) < 4.78 is 39.3. The highest BCUT2D eigenvalue weighted by Crippen LogP contribution is 2.30. The lowest BCUT2D eigenvalue weighted by atomic mass is 10.0. The summed E-state index contributed by atoms with van der Waals surface area (Å²) >= 11 is 0. The Morgan fingerprint density at radius 3 is 2.35 bits per heavy atom. The minimum absolute atomic E-state index is 0.126. The molecule has 0 aliphatic carbocycles. The second-order valence-electron chi connectivity index (χ2n) is 7.85. The summed E-state index contributed by atoms with van der Waals surface area (Å²) in [4.78, 5) is 4.17. The monoisotopic (exact) mass is 469 g/mol. The van der Waals surface area contributed by atoms with Gasteiger partial charge in [-0.2, -0.15) is 0 Å². The highest BCUT2D eigenvalue weighted by Gasteiger charge is 2.26. The third-order valence-electron chi connectivity index (χ3n) is 5.19. The number of aryl methyl sites for hydroxylation is 2. The molecule has 0 spiro atoms. The largest absolute Gasteiger partial charge is 0.490 e. The van der Waals surface area contributed by atoms with E-state index in [4.69, 9.17) is 14.6 Å². The number of allylic oxidation sites excluding steroid dienone is 1. The lowest BCUT2D eigenvalue weighted by Gasteiger charge is -2.16. The first-order chi connectivity index (χ1) is 16.4. The van der Waals surface area contributed by atoms with Crippen molar-refractivity contribution in [2.24, 2.45) is 0 Å². The summed E-state index contributed by atoms with van der Waals surface area (Å²) in [7, 11) is 1.00. The fraction of sp³-hybridized carbons (Fsp3) is 0.321.